The topological polar surface area (TPSA) is 49.7 Å². The highest BCUT2D eigenvalue weighted by Crippen LogP contribution is 2.18. The van der Waals surface area contributed by atoms with E-state index >= 15 is 0 Å². The van der Waals surface area contributed by atoms with E-state index in [2.05, 4.69) is 22.4 Å². The van der Waals surface area contributed by atoms with Gasteiger partial charge in [0.25, 0.3) is 0 Å². The van der Waals surface area contributed by atoms with Gasteiger partial charge in [-0.25, -0.2) is 4.79 Å². The second kappa shape index (κ2) is 5.20. The van der Waals surface area contributed by atoms with Crippen molar-refractivity contribution in [2.45, 2.75) is 6.92 Å². The van der Waals surface area contributed by atoms with Crippen LogP contribution in [0.15, 0.2) is 35.3 Å². The van der Waals surface area contributed by atoms with Crippen LogP contribution in [0.4, 0.5) is 5.69 Å². The van der Waals surface area contributed by atoms with Crippen molar-refractivity contribution in [1.82, 2.24) is 0 Å². The molecule has 0 fully saturated rings. The quantitative estimate of drug-likeness (QED) is 0.483. The lowest BCUT2D eigenvalue weighted by Gasteiger charge is -2.01. The molecular formula is C11H9NO2S. The van der Waals surface area contributed by atoms with Crippen LogP contribution in [0.2, 0.25) is 0 Å². The number of carbonyl (C=O) groups is 1. The van der Waals surface area contributed by atoms with E-state index in [1.54, 1.807) is 37.3 Å². The van der Waals surface area contributed by atoms with Crippen LogP contribution in [-0.4, -0.2) is 16.2 Å². The Morgan fingerprint density at radius 1 is 1.47 bits per heavy atom. The maximum Gasteiger partial charge on any atom is 0.335 e. The summed E-state index contributed by atoms with van der Waals surface area (Å²) in [5.74, 6) is -0.941. The van der Waals surface area contributed by atoms with Crippen LogP contribution < -0.4 is 0 Å². The van der Waals surface area contributed by atoms with Crippen molar-refractivity contribution in [3.63, 3.8) is 0 Å². The van der Waals surface area contributed by atoms with Gasteiger partial charge in [-0.1, -0.05) is 18.2 Å². The van der Waals surface area contributed by atoms with Crippen molar-refractivity contribution in [1.29, 1.82) is 0 Å². The molecule has 0 bridgehead atoms. The molecule has 0 aliphatic heterocycles. The van der Waals surface area contributed by atoms with Gasteiger partial charge in [-0.05, 0) is 36.8 Å². The van der Waals surface area contributed by atoms with Gasteiger partial charge in [0.1, 0.15) is 0 Å². The predicted molar refractivity (Wildman–Crippen MR) is 62.4 cm³/mol. The monoisotopic (exact) mass is 219 g/mol. The van der Waals surface area contributed by atoms with Crippen molar-refractivity contribution < 1.29 is 9.90 Å². The lowest BCUT2D eigenvalue weighted by atomic mass is 10.1. The summed E-state index contributed by atoms with van der Waals surface area (Å²) in [7, 11) is 0. The Labute approximate surface area is 92.8 Å². The van der Waals surface area contributed by atoms with Crippen molar-refractivity contribution in [2.75, 3.05) is 0 Å². The Balaban J connectivity index is 3.08. The molecule has 4 heteroatoms. The van der Waals surface area contributed by atoms with Gasteiger partial charge in [-0.2, -0.15) is 4.99 Å². The van der Waals surface area contributed by atoms with E-state index in [4.69, 9.17) is 5.11 Å². The third kappa shape index (κ3) is 2.84. The van der Waals surface area contributed by atoms with Crippen molar-refractivity contribution in [3.05, 3.63) is 35.9 Å². The van der Waals surface area contributed by atoms with E-state index in [1.165, 1.54) is 0 Å². The molecule has 0 spiro atoms. The van der Waals surface area contributed by atoms with Gasteiger partial charge < -0.3 is 5.11 Å². The Morgan fingerprint density at radius 2 is 2.07 bits per heavy atom. The number of thiocarbonyl (C=S) groups is 1. The Hall–Kier alpha value is -1.77. The average molecular weight is 219 g/mol. The van der Waals surface area contributed by atoms with Gasteiger partial charge in [-0.3, -0.25) is 0 Å². The Kier molecular flexibility index (Phi) is 3.92. The van der Waals surface area contributed by atoms with Crippen LogP contribution in [0.5, 0.6) is 0 Å². The van der Waals surface area contributed by atoms with E-state index in [0.717, 1.165) is 0 Å². The summed E-state index contributed by atoms with van der Waals surface area (Å²) in [5.41, 5.74) is 1.58. The highest BCUT2D eigenvalue weighted by Gasteiger charge is 2.07. The molecule has 3 nitrogen and oxygen atoms in total. The number of rotatable bonds is 3. The smallest absolute Gasteiger partial charge is 0.335 e. The number of aliphatic carboxylic acids is 1. The number of carboxylic acids is 1. The molecule has 0 atom stereocenters. The van der Waals surface area contributed by atoms with Gasteiger partial charge in [0, 0.05) is 0 Å². The SMILES string of the molecule is CC=C(C(=O)O)c1ccc(N=C=S)cc1. The summed E-state index contributed by atoms with van der Waals surface area (Å²) in [6.07, 6.45) is 1.56. The van der Waals surface area contributed by atoms with Crippen LogP contribution in [0.3, 0.4) is 0 Å². The summed E-state index contributed by atoms with van der Waals surface area (Å²) in [6.45, 7) is 1.69. The molecule has 0 amide bonds. The minimum absolute atomic E-state index is 0.271. The first-order chi connectivity index (χ1) is 7.19. The second-order valence-corrected chi connectivity index (χ2v) is 2.94. The maximum atomic E-state index is 10.8. The summed E-state index contributed by atoms with van der Waals surface area (Å²) in [6, 6.07) is 6.77. The van der Waals surface area contributed by atoms with Crippen LogP contribution in [0.1, 0.15) is 12.5 Å². The fourth-order valence-corrected chi connectivity index (χ4v) is 1.29. The molecule has 1 aromatic rings. The molecule has 0 heterocycles. The molecule has 15 heavy (non-hydrogen) atoms. The standard InChI is InChI=1S/C11H9NO2S/c1-2-10(11(13)14)8-3-5-9(6-4-8)12-7-15/h2-6H,1H3,(H,13,14). The molecule has 76 valence electrons. The predicted octanol–water partition coefficient (Wildman–Crippen LogP) is 2.91. The summed E-state index contributed by atoms with van der Waals surface area (Å²) >= 11 is 4.46. The molecule has 0 aliphatic rings. The summed E-state index contributed by atoms with van der Waals surface area (Å²) < 4.78 is 0. The molecule has 0 unspecified atom stereocenters. The van der Waals surface area contributed by atoms with Gasteiger partial charge in [0.05, 0.1) is 16.4 Å². The van der Waals surface area contributed by atoms with E-state index in [9.17, 15) is 4.79 Å². The number of carboxylic acid groups (broad SMARTS) is 1. The number of aliphatic imine (C=N–C) groups is 1. The number of hydrogen-bond acceptors (Lipinski definition) is 3. The lowest BCUT2D eigenvalue weighted by molar-refractivity contribution is -0.130. The van der Waals surface area contributed by atoms with Crippen molar-refractivity contribution in [2.24, 2.45) is 4.99 Å². The van der Waals surface area contributed by atoms with Crippen LogP contribution in [-0.2, 0) is 4.79 Å². The van der Waals surface area contributed by atoms with Gasteiger partial charge in [-0.15, -0.1) is 0 Å². The normalized spacial score (nSPS) is 10.6. The van der Waals surface area contributed by atoms with Crippen molar-refractivity contribution >= 4 is 34.6 Å². The number of allylic oxidation sites excluding steroid dienone is 1. The average Bonchev–Trinajstić information content (AvgIpc) is 2.21. The van der Waals surface area contributed by atoms with E-state index in [1.807, 2.05) is 0 Å². The third-order valence-corrected chi connectivity index (χ3v) is 1.96. The highest BCUT2D eigenvalue weighted by atomic mass is 32.1. The van der Waals surface area contributed by atoms with E-state index in [0.29, 0.717) is 11.3 Å². The zero-order valence-corrected chi connectivity index (χ0v) is 8.91. The minimum atomic E-state index is -0.941. The second-order valence-electron chi connectivity index (χ2n) is 2.76. The third-order valence-electron chi connectivity index (χ3n) is 1.87. The fraction of sp³-hybridized carbons (Fsp3) is 0.0909. The first-order valence-electron chi connectivity index (χ1n) is 4.27. The molecule has 0 saturated carbocycles. The summed E-state index contributed by atoms with van der Waals surface area (Å²) in [4.78, 5) is 14.6. The zero-order valence-electron chi connectivity index (χ0n) is 8.10. The Morgan fingerprint density at radius 3 is 2.47 bits per heavy atom. The number of nitrogens with zero attached hydrogens (tertiary/aromatic N) is 1. The van der Waals surface area contributed by atoms with Gasteiger partial charge >= 0.3 is 5.97 Å². The van der Waals surface area contributed by atoms with E-state index < -0.39 is 5.97 Å². The number of isothiocyanates is 1. The first kappa shape index (κ1) is 11.3. The van der Waals surface area contributed by atoms with Gasteiger partial charge in [0.2, 0.25) is 0 Å². The lowest BCUT2D eigenvalue weighted by Crippen LogP contribution is -1.98. The molecule has 0 radical (unpaired) electrons. The first-order valence-corrected chi connectivity index (χ1v) is 4.67. The molecule has 0 aliphatic carbocycles. The fourth-order valence-electron chi connectivity index (χ4n) is 1.18. The zero-order chi connectivity index (χ0) is 11.3. The number of benzene rings is 1. The van der Waals surface area contributed by atoms with Crippen LogP contribution in [0, 0.1) is 0 Å². The van der Waals surface area contributed by atoms with Crippen LogP contribution >= 0.6 is 12.2 Å². The molecule has 1 aromatic carbocycles. The van der Waals surface area contributed by atoms with Gasteiger partial charge in [0.15, 0.2) is 0 Å². The van der Waals surface area contributed by atoms with Crippen molar-refractivity contribution in [3.8, 4) is 0 Å². The number of hydrogen-bond donors (Lipinski definition) is 1. The van der Waals surface area contributed by atoms with Crippen LogP contribution in [0.25, 0.3) is 5.57 Å². The van der Waals surface area contributed by atoms with E-state index in [-0.39, 0.29) is 5.57 Å². The molecule has 0 aromatic heterocycles. The molecule has 1 N–H and O–H groups in total. The molecule has 0 saturated heterocycles. The highest BCUT2D eigenvalue weighted by molar-refractivity contribution is 7.78. The summed E-state index contributed by atoms with van der Waals surface area (Å²) in [5, 5.41) is 11.1. The Bertz CT molecular complexity index is 442. The molecule has 1 rings (SSSR count). The largest absolute Gasteiger partial charge is 0.478 e. The maximum absolute atomic E-state index is 10.8. The molecular weight excluding hydrogens is 210 g/mol. The minimum Gasteiger partial charge on any atom is -0.478 e.